The van der Waals surface area contributed by atoms with Gasteiger partial charge in [0, 0.05) is 43.8 Å². The number of carbonyl (C=O) groups is 3. The Bertz CT molecular complexity index is 898. The Morgan fingerprint density at radius 3 is 2.35 bits per heavy atom. The number of aliphatic imine (C=N–C) groups is 1. The molecule has 1 unspecified atom stereocenters. The smallest absolute Gasteiger partial charge is 0.410 e. The van der Waals surface area contributed by atoms with Crippen LogP contribution in [-0.2, 0) is 25.4 Å². The van der Waals surface area contributed by atoms with Crippen molar-refractivity contribution in [2.75, 3.05) is 32.7 Å². The van der Waals surface area contributed by atoms with Crippen molar-refractivity contribution in [2.45, 2.75) is 49.5 Å². The molecule has 2 heterocycles. The zero-order chi connectivity index (χ0) is 25.1. The molecule has 0 saturated carbocycles. The van der Waals surface area contributed by atoms with Gasteiger partial charge in [-0.3, -0.25) is 23.7 Å². The summed E-state index contributed by atoms with van der Waals surface area (Å²) in [6, 6.07) is 8.23. The van der Waals surface area contributed by atoms with Crippen LogP contribution in [0.25, 0.3) is 0 Å². The van der Waals surface area contributed by atoms with Crippen LogP contribution >= 0.6 is 0 Å². The van der Waals surface area contributed by atoms with Gasteiger partial charge in [0.05, 0.1) is 13.1 Å². The Kier molecular flexibility index (Phi) is 10.5. The Labute approximate surface area is 201 Å². The van der Waals surface area contributed by atoms with Crippen molar-refractivity contribution in [1.82, 2.24) is 9.80 Å². The zero-order valence-electron chi connectivity index (χ0n) is 19.3. The number of hydrogen-bond acceptors (Lipinski definition) is 7. The second kappa shape index (κ2) is 13.0. The van der Waals surface area contributed by atoms with Crippen molar-refractivity contribution in [3.05, 3.63) is 30.3 Å². The molecule has 0 aliphatic carbocycles. The van der Waals surface area contributed by atoms with E-state index in [1.807, 2.05) is 4.90 Å². The molecule has 1 aromatic rings. The highest BCUT2D eigenvalue weighted by molar-refractivity contribution is 7.79. The molecule has 2 aliphatic heterocycles. The van der Waals surface area contributed by atoms with Gasteiger partial charge in [-0.05, 0) is 43.0 Å². The van der Waals surface area contributed by atoms with E-state index in [1.54, 1.807) is 30.3 Å². The quantitative estimate of drug-likeness (QED) is 0.231. The fourth-order valence-electron chi connectivity index (χ4n) is 3.79. The van der Waals surface area contributed by atoms with Gasteiger partial charge in [0.25, 0.3) is 0 Å². The fraction of sp³-hybridized carbons (Fsp3) is 0.545. The van der Waals surface area contributed by atoms with E-state index in [1.165, 1.54) is 11.8 Å². The molecule has 0 aromatic heterocycles. The van der Waals surface area contributed by atoms with Gasteiger partial charge in [-0.15, -0.1) is 0 Å². The summed E-state index contributed by atoms with van der Waals surface area (Å²) < 4.78 is 25.9. The summed E-state index contributed by atoms with van der Waals surface area (Å²) in [7, 11) is 0. The van der Waals surface area contributed by atoms with Crippen LogP contribution in [0.5, 0.6) is 0 Å². The maximum absolute atomic E-state index is 12.3. The lowest BCUT2D eigenvalue weighted by atomic mass is 9.91. The van der Waals surface area contributed by atoms with Crippen LogP contribution in [0, 0.1) is 0 Å². The van der Waals surface area contributed by atoms with Crippen LogP contribution in [0.4, 0.5) is 4.79 Å². The van der Waals surface area contributed by atoms with E-state index in [0.717, 1.165) is 12.8 Å². The van der Waals surface area contributed by atoms with E-state index in [9.17, 15) is 23.1 Å². The minimum Gasteiger partial charge on any atom is -0.768 e. The predicted octanol–water partition coefficient (Wildman–Crippen LogP) is 0.757. The van der Waals surface area contributed by atoms with E-state index in [0.29, 0.717) is 50.3 Å². The van der Waals surface area contributed by atoms with Crippen LogP contribution in [-0.4, -0.2) is 80.6 Å². The first-order valence-electron chi connectivity index (χ1n) is 11.1. The summed E-state index contributed by atoms with van der Waals surface area (Å²) in [6.45, 7) is 3.61. The molecule has 2 aliphatic rings. The summed E-state index contributed by atoms with van der Waals surface area (Å²) in [5.74, 6) is 0.101. The average Bonchev–Trinajstić information content (AvgIpc) is 3.08. The second-order valence-corrected chi connectivity index (χ2v) is 9.24. The molecule has 2 amide bonds. The molecule has 11 nitrogen and oxygen atoms in total. The summed E-state index contributed by atoms with van der Waals surface area (Å²) >= 11 is -2.08. The number of nitrogens with two attached hydrogens (primary N) is 2. The highest BCUT2D eigenvalue weighted by Gasteiger charge is 2.47. The van der Waals surface area contributed by atoms with Crippen molar-refractivity contribution in [3.63, 3.8) is 0 Å². The van der Waals surface area contributed by atoms with Gasteiger partial charge in [0.2, 0.25) is 5.91 Å². The Balaban J connectivity index is 0.000000379. The highest BCUT2D eigenvalue weighted by atomic mass is 32.2. The van der Waals surface area contributed by atoms with E-state index in [4.69, 9.17) is 16.2 Å². The van der Waals surface area contributed by atoms with Crippen LogP contribution in [0.15, 0.2) is 40.2 Å². The minimum atomic E-state index is -2.08. The number of unbranched alkanes of at least 4 members (excludes halogenated alkanes) is 1. The minimum absolute atomic E-state index is 0.0672. The van der Waals surface area contributed by atoms with E-state index in [2.05, 4.69) is 4.99 Å². The normalized spacial score (nSPS) is 17.4. The SMILES string of the molecule is CC(=O)CN1CC2(CCN(C(=O)CCCCN=C(N)N)CC2)OC1=O.O=S([O-])c1ccccc1. The summed E-state index contributed by atoms with van der Waals surface area (Å²) in [4.78, 5) is 42.8. The van der Waals surface area contributed by atoms with Crippen LogP contribution < -0.4 is 11.5 Å². The molecule has 1 spiro atoms. The molecule has 0 radical (unpaired) electrons. The maximum Gasteiger partial charge on any atom is 0.410 e. The van der Waals surface area contributed by atoms with Gasteiger partial charge in [0.1, 0.15) is 11.4 Å². The first kappa shape index (κ1) is 27.3. The number of ketones is 1. The molecule has 2 fully saturated rings. The van der Waals surface area contributed by atoms with Gasteiger partial charge < -0.3 is 25.7 Å². The van der Waals surface area contributed by atoms with Crippen LogP contribution in [0.3, 0.4) is 0 Å². The monoisotopic (exact) mass is 494 g/mol. The standard InChI is InChI=1S/C16H27N5O4.C6H6O2S/c1-12(22)10-21-11-16(25-15(21)24)5-8-20(9-6-16)13(23)4-2-3-7-19-14(17)18;7-9(8)6-4-2-1-3-5-6/h2-11H2,1H3,(H4,17,18,19);1-5H,(H,7,8)/p-1. The number of amides is 2. The molecule has 12 heteroatoms. The Morgan fingerprint density at radius 1 is 1.18 bits per heavy atom. The lowest BCUT2D eigenvalue weighted by molar-refractivity contribution is -0.134. The third-order valence-electron chi connectivity index (χ3n) is 5.51. The molecular weight excluding hydrogens is 462 g/mol. The first-order valence-corrected chi connectivity index (χ1v) is 12.1. The largest absolute Gasteiger partial charge is 0.768 e. The fourth-order valence-corrected chi connectivity index (χ4v) is 4.17. The third kappa shape index (κ3) is 8.75. The topological polar surface area (TPSA) is 171 Å². The van der Waals surface area contributed by atoms with Crippen molar-refractivity contribution < 1.29 is 27.9 Å². The molecule has 2 saturated heterocycles. The van der Waals surface area contributed by atoms with Crippen LogP contribution in [0.2, 0.25) is 0 Å². The second-order valence-electron chi connectivity index (χ2n) is 8.30. The number of benzene rings is 1. The van der Waals surface area contributed by atoms with Gasteiger partial charge >= 0.3 is 6.09 Å². The number of nitrogens with zero attached hydrogens (tertiary/aromatic N) is 3. The van der Waals surface area contributed by atoms with Gasteiger partial charge in [-0.25, -0.2) is 4.79 Å². The van der Waals surface area contributed by atoms with Crippen molar-refractivity contribution >= 4 is 34.8 Å². The molecule has 1 atom stereocenters. The van der Waals surface area contributed by atoms with Crippen molar-refractivity contribution in [2.24, 2.45) is 16.5 Å². The first-order chi connectivity index (χ1) is 16.1. The van der Waals surface area contributed by atoms with Crippen LogP contribution in [0.1, 0.15) is 39.0 Å². The van der Waals surface area contributed by atoms with E-state index < -0.39 is 22.8 Å². The van der Waals surface area contributed by atoms with E-state index >= 15 is 0 Å². The number of guanidine groups is 1. The van der Waals surface area contributed by atoms with Gasteiger partial charge in [-0.1, -0.05) is 18.2 Å². The van der Waals surface area contributed by atoms with Crippen molar-refractivity contribution in [1.29, 1.82) is 0 Å². The molecule has 1 aromatic carbocycles. The number of rotatable bonds is 8. The molecule has 3 rings (SSSR count). The number of Topliss-reactive ketones (excluding diaryl/α,β-unsaturated/α-hetero) is 1. The zero-order valence-corrected chi connectivity index (χ0v) is 20.1. The number of likely N-dealkylation sites (tertiary alicyclic amines) is 1. The average molecular weight is 495 g/mol. The lowest BCUT2D eigenvalue weighted by Gasteiger charge is -2.37. The van der Waals surface area contributed by atoms with Crippen molar-refractivity contribution in [3.8, 4) is 0 Å². The molecule has 34 heavy (non-hydrogen) atoms. The van der Waals surface area contributed by atoms with E-state index in [-0.39, 0.29) is 24.2 Å². The van der Waals surface area contributed by atoms with Gasteiger partial charge in [-0.2, -0.15) is 0 Å². The number of carbonyl (C=O) groups excluding carboxylic acids is 3. The molecule has 0 bridgehead atoms. The highest BCUT2D eigenvalue weighted by Crippen LogP contribution is 2.33. The number of ether oxygens (including phenoxy) is 1. The number of piperidine rings is 1. The molecule has 188 valence electrons. The molecule has 4 N–H and O–H groups in total. The Hall–Kier alpha value is -2.99. The summed E-state index contributed by atoms with van der Waals surface area (Å²) in [6.07, 6.45) is 2.73. The number of hydrogen-bond donors (Lipinski definition) is 2. The van der Waals surface area contributed by atoms with Gasteiger partial charge in [0.15, 0.2) is 5.96 Å². The summed E-state index contributed by atoms with van der Waals surface area (Å²) in [5.41, 5.74) is 9.94. The molecular formula is C22H32N5O6S-. The maximum atomic E-state index is 12.3. The predicted molar refractivity (Wildman–Crippen MR) is 125 cm³/mol. The Morgan fingerprint density at radius 2 is 1.82 bits per heavy atom. The lowest BCUT2D eigenvalue weighted by Crippen LogP contribution is -2.48. The third-order valence-corrected chi connectivity index (χ3v) is 6.17. The summed E-state index contributed by atoms with van der Waals surface area (Å²) in [5, 5.41) is 0.